The number of hydrogen-bond donors (Lipinski definition) is 1. The number of rotatable bonds is 2. The topological polar surface area (TPSA) is 57.8 Å². The molecule has 4 heterocycles. The highest BCUT2D eigenvalue weighted by atomic mass is 32.1. The minimum Gasteiger partial charge on any atom is -0.370 e. The van der Waals surface area contributed by atoms with Gasteiger partial charge in [-0.3, -0.25) is 0 Å². The van der Waals surface area contributed by atoms with Gasteiger partial charge in [-0.25, -0.2) is 9.98 Å². The number of thiazole rings is 1. The maximum atomic E-state index is 6.03. The standard InChI is InChI=1S/C21H23N5S/c1-14-23-19-4-2-15(12-20(19)27-14)18-8-11-26-13-17(3-5-21(26)24-18)25-9-6-16(22)7-10-25/h2-5,8,12-13,16H,6-7,9-11,22H2,1H3. The Hall–Kier alpha value is -2.44. The molecule has 0 bridgehead atoms. The van der Waals surface area contributed by atoms with E-state index in [0.717, 1.165) is 60.1 Å². The van der Waals surface area contributed by atoms with E-state index in [1.54, 1.807) is 11.3 Å². The summed E-state index contributed by atoms with van der Waals surface area (Å²) in [6, 6.07) is 6.78. The number of benzene rings is 1. The fraction of sp³-hybridized carbons (Fsp3) is 0.333. The Morgan fingerprint density at radius 1 is 1.19 bits per heavy atom. The molecule has 1 saturated heterocycles. The zero-order valence-corrected chi connectivity index (χ0v) is 16.2. The molecule has 3 aliphatic heterocycles. The van der Waals surface area contributed by atoms with E-state index in [2.05, 4.69) is 64.3 Å². The first kappa shape index (κ1) is 16.7. The van der Waals surface area contributed by atoms with Gasteiger partial charge in [-0.2, -0.15) is 0 Å². The first-order valence-corrected chi connectivity index (χ1v) is 10.3. The minimum atomic E-state index is 0.353. The number of likely N-dealkylation sites (tertiary alicyclic amines) is 1. The van der Waals surface area contributed by atoms with E-state index >= 15 is 0 Å². The summed E-state index contributed by atoms with van der Waals surface area (Å²) >= 11 is 1.73. The zero-order chi connectivity index (χ0) is 18.4. The third-order valence-corrected chi connectivity index (χ3v) is 6.33. The van der Waals surface area contributed by atoms with Crippen LogP contribution in [0.4, 0.5) is 0 Å². The SMILES string of the molecule is Cc1nc2ccc(C3=CCN4C=C(N5CCC(N)CC5)C=CC4=N3)cc2s1. The molecule has 1 aromatic heterocycles. The Kier molecular flexibility index (Phi) is 4.10. The summed E-state index contributed by atoms with van der Waals surface area (Å²) in [5.41, 5.74) is 10.6. The van der Waals surface area contributed by atoms with Gasteiger partial charge in [0.25, 0.3) is 0 Å². The molecule has 5 rings (SSSR count). The van der Waals surface area contributed by atoms with Crippen molar-refractivity contribution in [3.8, 4) is 0 Å². The van der Waals surface area contributed by atoms with Crippen molar-refractivity contribution in [3.63, 3.8) is 0 Å². The number of nitrogens with two attached hydrogens (primary N) is 1. The van der Waals surface area contributed by atoms with Gasteiger partial charge in [0.1, 0.15) is 5.84 Å². The lowest BCUT2D eigenvalue weighted by Gasteiger charge is -2.36. The maximum absolute atomic E-state index is 6.03. The smallest absolute Gasteiger partial charge is 0.133 e. The van der Waals surface area contributed by atoms with Crippen molar-refractivity contribution < 1.29 is 0 Å². The minimum absolute atomic E-state index is 0.353. The summed E-state index contributed by atoms with van der Waals surface area (Å²) in [5, 5.41) is 1.10. The van der Waals surface area contributed by atoms with E-state index < -0.39 is 0 Å². The van der Waals surface area contributed by atoms with Crippen LogP contribution in [0.3, 0.4) is 0 Å². The predicted molar refractivity (Wildman–Crippen MR) is 112 cm³/mol. The van der Waals surface area contributed by atoms with Gasteiger partial charge in [0.05, 0.1) is 26.6 Å². The monoisotopic (exact) mass is 377 g/mol. The van der Waals surface area contributed by atoms with Crippen molar-refractivity contribution in [2.45, 2.75) is 25.8 Å². The summed E-state index contributed by atoms with van der Waals surface area (Å²) in [7, 11) is 0. The van der Waals surface area contributed by atoms with Gasteiger partial charge in [-0.15, -0.1) is 11.3 Å². The van der Waals surface area contributed by atoms with Crippen LogP contribution in [-0.4, -0.2) is 46.3 Å². The molecular formula is C21H23N5S. The van der Waals surface area contributed by atoms with Gasteiger partial charge in [0.15, 0.2) is 0 Å². The third kappa shape index (κ3) is 3.19. The Labute approximate surface area is 163 Å². The quantitative estimate of drug-likeness (QED) is 0.870. The molecular weight excluding hydrogens is 354 g/mol. The first-order chi connectivity index (χ1) is 13.2. The summed E-state index contributed by atoms with van der Waals surface area (Å²) in [6.45, 7) is 4.96. The van der Waals surface area contributed by atoms with Crippen LogP contribution in [0.25, 0.3) is 15.9 Å². The van der Waals surface area contributed by atoms with Crippen LogP contribution in [0, 0.1) is 6.92 Å². The van der Waals surface area contributed by atoms with Crippen molar-refractivity contribution in [1.82, 2.24) is 14.8 Å². The maximum Gasteiger partial charge on any atom is 0.133 e. The van der Waals surface area contributed by atoms with Crippen LogP contribution in [0.2, 0.25) is 0 Å². The number of allylic oxidation sites excluding steroid dienone is 1. The molecule has 0 spiro atoms. The first-order valence-electron chi connectivity index (χ1n) is 9.49. The number of piperidine rings is 1. The summed E-state index contributed by atoms with van der Waals surface area (Å²) in [4.78, 5) is 14.1. The number of aliphatic imine (C=N–C) groups is 1. The highest BCUT2D eigenvalue weighted by Gasteiger charge is 2.22. The van der Waals surface area contributed by atoms with E-state index in [9.17, 15) is 0 Å². The van der Waals surface area contributed by atoms with E-state index in [0.29, 0.717) is 6.04 Å². The van der Waals surface area contributed by atoms with Crippen molar-refractivity contribution in [2.75, 3.05) is 19.6 Å². The third-order valence-electron chi connectivity index (χ3n) is 5.40. The van der Waals surface area contributed by atoms with Crippen molar-refractivity contribution >= 4 is 33.1 Å². The molecule has 3 aliphatic rings. The van der Waals surface area contributed by atoms with E-state index in [4.69, 9.17) is 10.7 Å². The lowest BCUT2D eigenvalue weighted by Crippen LogP contribution is -2.40. The number of nitrogens with zero attached hydrogens (tertiary/aromatic N) is 4. The molecule has 0 amide bonds. The largest absolute Gasteiger partial charge is 0.370 e. The lowest BCUT2D eigenvalue weighted by molar-refractivity contribution is 0.267. The number of aromatic nitrogens is 1. The highest BCUT2D eigenvalue weighted by molar-refractivity contribution is 7.18. The van der Waals surface area contributed by atoms with Crippen LogP contribution in [-0.2, 0) is 0 Å². The average molecular weight is 378 g/mol. The average Bonchev–Trinajstić information content (AvgIpc) is 3.07. The molecule has 5 nitrogen and oxygen atoms in total. The van der Waals surface area contributed by atoms with Crippen molar-refractivity contribution in [1.29, 1.82) is 0 Å². The van der Waals surface area contributed by atoms with Gasteiger partial charge < -0.3 is 15.5 Å². The lowest BCUT2D eigenvalue weighted by atomic mass is 10.0. The summed E-state index contributed by atoms with van der Waals surface area (Å²) in [6.07, 6.45) is 10.9. The molecule has 2 aromatic rings. The molecule has 0 saturated carbocycles. The van der Waals surface area contributed by atoms with Gasteiger partial charge in [0.2, 0.25) is 0 Å². The second-order valence-electron chi connectivity index (χ2n) is 7.34. The molecule has 0 aliphatic carbocycles. The Morgan fingerprint density at radius 3 is 2.89 bits per heavy atom. The number of aryl methyl sites for hydroxylation is 1. The zero-order valence-electron chi connectivity index (χ0n) is 15.4. The summed E-state index contributed by atoms with van der Waals surface area (Å²) < 4.78 is 1.22. The van der Waals surface area contributed by atoms with E-state index in [1.165, 1.54) is 10.4 Å². The molecule has 6 heteroatoms. The van der Waals surface area contributed by atoms with Gasteiger partial charge in [-0.05, 0) is 50.1 Å². The Bertz CT molecular complexity index is 1000. The predicted octanol–water partition coefficient (Wildman–Crippen LogP) is 3.49. The van der Waals surface area contributed by atoms with Crippen LogP contribution in [0.1, 0.15) is 23.4 Å². The van der Waals surface area contributed by atoms with E-state index in [1.807, 2.05) is 0 Å². The molecule has 0 radical (unpaired) electrons. The normalized spacial score (nSPS) is 20.4. The van der Waals surface area contributed by atoms with Crippen molar-refractivity contribution in [3.05, 3.63) is 58.9 Å². The number of fused-ring (bicyclic) bond motifs is 2. The van der Waals surface area contributed by atoms with Crippen LogP contribution >= 0.6 is 11.3 Å². The van der Waals surface area contributed by atoms with Crippen LogP contribution in [0.15, 0.2) is 53.3 Å². The van der Waals surface area contributed by atoms with Crippen molar-refractivity contribution in [2.24, 2.45) is 10.7 Å². The molecule has 1 aromatic carbocycles. The molecule has 0 unspecified atom stereocenters. The Balaban J connectivity index is 1.37. The molecule has 2 N–H and O–H groups in total. The van der Waals surface area contributed by atoms with Gasteiger partial charge in [-0.1, -0.05) is 6.07 Å². The molecule has 27 heavy (non-hydrogen) atoms. The second-order valence-corrected chi connectivity index (χ2v) is 8.57. The van der Waals surface area contributed by atoms with Gasteiger partial charge in [0, 0.05) is 37.4 Å². The van der Waals surface area contributed by atoms with Gasteiger partial charge >= 0.3 is 0 Å². The van der Waals surface area contributed by atoms with Crippen LogP contribution < -0.4 is 5.73 Å². The fourth-order valence-electron chi connectivity index (χ4n) is 3.85. The molecule has 138 valence electrons. The number of hydrogen-bond acceptors (Lipinski definition) is 6. The number of amidine groups is 1. The summed E-state index contributed by atoms with van der Waals surface area (Å²) in [5.74, 6) is 1.01. The molecule has 0 atom stereocenters. The van der Waals surface area contributed by atoms with E-state index in [-0.39, 0.29) is 0 Å². The molecule has 1 fully saturated rings. The second kappa shape index (κ2) is 6.62. The fourth-order valence-corrected chi connectivity index (χ4v) is 4.72. The Morgan fingerprint density at radius 2 is 2.04 bits per heavy atom. The van der Waals surface area contributed by atoms with Crippen LogP contribution in [0.5, 0.6) is 0 Å². The highest BCUT2D eigenvalue weighted by Crippen LogP contribution is 2.29.